The van der Waals surface area contributed by atoms with Crippen molar-refractivity contribution in [2.75, 3.05) is 33.2 Å². The van der Waals surface area contributed by atoms with Crippen LogP contribution in [-0.4, -0.2) is 99.8 Å². The number of carboxylic acid groups (broad SMARTS) is 2. The molecule has 0 unspecified atom stereocenters. The van der Waals surface area contributed by atoms with Gasteiger partial charge in [-0.05, 0) is 17.7 Å². The number of hydrogen-bond donors (Lipinski definition) is 4. The van der Waals surface area contributed by atoms with Gasteiger partial charge in [0.2, 0.25) is 11.8 Å². The summed E-state index contributed by atoms with van der Waals surface area (Å²) in [6.07, 6.45) is -0.671. The van der Waals surface area contributed by atoms with Crippen molar-refractivity contribution in [1.29, 1.82) is 0 Å². The van der Waals surface area contributed by atoms with Crippen LogP contribution in [0.25, 0.3) is 0 Å². The molecule has 6 N–H and O–H groups in total. The fourth-order valence-corrected chi connectivity index (χ4v) is 3.34. The van der Waals surface area contributed by atoms with E-state index in [9.17, 15) is 24.0 Å². The molecular weight excluding hydrogens is 472 g/mol. The Bertz CT molecular complexity index is 965. The van der Waals surface area contributed by atoms with E-state index in [2.05, 4.69) is 4.99 Å². The Morgan fingerprint density at radius 1 is 1.09 bits per heavy atom. The SMILES string of the molecule is CN(CC(=O)N1CCN(CC(=O)O)C(=O)[C@@H]1CC(=O)O)C(=O)c1ccc(CN=C(N)N)cc1.Cl. The Labute approximate surface area is 201 Å². The monoisotopic (exact) mass is 498 g/mol. The third kappa shape index (κ3) is 7.62. The van der Waals surface area contributed by atoms with Crippen LogP contribution in [0.3, 0.4) is 0 Å². The zero-order chi connectivity index (χ0) is 24.7. The van der Waals surface area contributed by atoms with Crippen LogP contribution in [-0.2, 0) is 25.7 Å². The number of carbonyl (C=O) groups is 5. The Hall–Kier alpha value is -3.87. The lowest BCUT2D eigenvalue weighted by atomic mass is 10.1. The van der Waals surface area contributed by atoms with Crippen LogP contribution in [0.4, 0.5) is 0 Å². The van der Waals surface area contributed by atoms with Crippen molar-refractivity contribution >= 4 is 48.0 Å². The lowest BCUT2D eigenvalue weighted by molar-refractivity contribution is -0.158. The summed E-state index contributed by atoms with van der Waals surface area (Å²) in [5, 5.41) is 18.1. The van der Waals surface area contributed by atoms with Crippen LogP contribution in [0.2, 0.25) is 0 Å². The van der Waals surface area contributed by atoms with Gasteiger partial charge in [0.25, 0.3) is 5.91 Å². The molecule has 0 aromatic heterocycles. The maximum atomic E-state index is 12.8. The van der Waals surface area contributed by atoms with Crippen molar-refractivity contribution in [3.8, 4) is 0 Å². The molecule has 0 aliphatic carbocycles. The highest BCUT2D eigenvalue weighted by Gasteiger charge is 2.39. The number of rotatable bonds is 9. The van der Waals surface area contributed by atoms with Crippen LogP contribution in [0, 0.1) is 0 Å². The van der Waals surface area contributed by atoms with Crippen molar-refractivity contribution in [2.45, 2.75) is 19.0 Å². The number of nitrogens with zero attached hydrogens (tertiary/aromatic N) is 4. The maximum Gasteiger partial charge on any atom is 0.323 e. The van der Waals surface area contributed by atoms with Gasteiger partial charge in [-0.15, -0.1) is 12.4 Å². The van der Waals surface area contributed by atoms with Crippen molar-refractivity contribution in [1.82, 2.24) is 14.7 Å². The number of amides is 3. The van der Waals surface area contributed by atoms with E-state index >= 15 is 0 Å². The number of aliphatic imine (C=N–C) groups is 1. The van der Waals surface area contributed by atoms with Crippen LogP contribution >= 0.6 is 12.4 Å². The minimum atomic E-state index is -1.35. The van der Waals surface area contributed by atoms with Crippen molar-refractivity contribution in [2.24, 2.45) is 16.5 Å². The predicted molar refractivity (Wildman–Crippen MR) is 122 cm³/mol. The maximum absolute atomic E-state index is 12.8. The standard InChI is InChI=1S/C20H26N6O7.ClH/c1-24(18(32)13-4-2-12(3-5-13)9-23-20(21)22)10-15(27)26-7-6-25(11-17(30)31)19(33)14(26)8-16(28)29;/h2-5,14H,6-11H2,1H3,(H,28,29)(H,30,31)(H4,21,22,23);1H/t14-;/m0./s1. The van der Waals surface area contributed by atoms with Crippen LogP contribution in [0.15, 0.2) is 29.3 Å². The summed E-state index contributed by atoms with van der Waals surface area (Å²) in [7, 11) is 1.41. The van der Waals surface area contributed by atoms with Crippen LogP contribution in [0.5, 0.6) is 0 Å². The number of halogens is 1. The highest BCUT2D eigenvalue weighted by Crippen LogP contribution is 2.16. The number of hydrogen-bond acceptors (Lipinski definition) is 6. The first-order valence-electron chi connectivity index (χ1n) is 9.91. The second-order valence-corrected chi connectivity index (χ2v) is 7.45. The van der Waals surface area contributed by atoms with Gasteiger partial charge in [-0.1, -0.05) is 12.1 Å². The van der Waals surface area contributed by atoms with E-state index in [0.29, 0.717) is 5.56 Å². The normalized spacial score (nSPS) is 15.2. The van der Waals surface area contributed by atoms with Crippen LogP contribution in [0.1, 0.15) is 22.3 Å². The molecule has 13 nitrogen and oxygen atoms in total. The lowest BCUT2D eigenvalue weighted by Crippen LogP contribution is -2.61. The fourth-order valence-electron chi connectivity index (χ4n) is 3.34. The second kappa shape index (κ2) is 12.4. The molecule has 0 radical (unpaired) electrons. The topological polar surface area (TPSA) is 200 Å². The van der Waals surface area contributed by atoms with Gasteiger partial charge in [0, 0.05) is 25.7 Å². The van der Waals surface area contributed by atoms with Gasteiger partial charge in [0.15, 0.2) is 5.96 Å². The Morgan fingerprint density at radius 2 is 1.71 bits per heavy atom. The molecule has 1 aliphatic rings. The first-order valence-corrected chi connectivity index (χ1v) is 9.91. The van der Waals surface area contributed by atoms with E-state index in [1.54, 1.807) is 24.3 Å². The number of carboxylic acids is 2. The van der Waals surface area contributed by atoms with Gasteiger partial charge in [-0.25, -0.2) is 4.99 Å². The molecule has 1 aromatic carbocycles. The molecule has 1 aromatic rings. The van der Waals surface area contributed by atoms with Gasteiger partial charge in [-0.2, -0.15) is 0 Å². The summed E-state index contributed by atoms with van der Waals surface area (Å²) in [4.78, 5) is 67.4. The highest BCUT2D eigenvalue weighted by atomic mass is 35.5. The molecule has 14 heteroatoms. The average molecular weight is 499 g/mol. The number of nitrogens with two attached hydrogens (primary N) is 2. The molecule has 1 aliphatic heterocycles. The second-order valence-electron chi connectivity index (χ2n) is 7.45. The lowest BCUT2D eigenvalue weighted by Gasteiger charge is -2.40. The predicted octanol–water partition coefficient (Wildman–Crippen LogP) is -1.45. The molecule has 186 valence electrons. The Morgan fingerprint density at radius 3 is 2.24 bits per heavy atom. The summed E-state index contributed by atoms with van der Waals surface area (Å²) in [5.74, 6) is -4.45. The molecule has 1 saturated heterocycles. The zero-order valence-corrected chi connectivity index (χ0v) is 19.2. The largest absolute Gasteiger partial charge is 0.481 e. The molecule has 1 heterocycles. The van der Waals surface area contributed by atoms with Gasteiger partial charge in [-0.3, -0.25) is 24.0 Å². The minimum absolute atomic E-state index is 0. The molecule has 34 heavy (non-hydrogen) atoms. The van der Waals surface area contributed by atoms with Gasteiger partial charge < -0.3 is 36.4 Å². The highest BCUT2D eigenvalue weighted by molar-refractivity contribution is 5.98. The smallest absolute Gasteiger partial charge is 0.323 e. The van der Waals surface area contributed by atoms with Gasteiger partial charge in [0.1, 0.15) is 12.6 Å². The molecule has 3 amide bonds. The number of carbonyl (C=O) groups excluding carboxylic acids is 3. The average Bonchev–Trinajstić information content (AvgIpc) is 2.74. The molecule has 1 atom stereocenters. The summed E-state index contributed by atoms with van der Waals surface area (Å²) >= 11 is 0. The van der Waals surface area contributed by atoms with Crippen molar-refractivity contribution in [3.05, 3.63) is 35.4 Å². The summed E-state index contributed by atoms with van der Waals surface area (Å²) in [6.45, 7) is -0.831. The number of benzene rings is 1. The third-order valence-corrected chi connectivity index (χ3v) is 4.96. The van der Waals surface area contributed by atoms with E-state index in [-0.39, 0.29) is 38.0 Å². The number of piperazine rings is 1. The number of likely N-dealkylation sites (N-methyl/N-ethyl adjacent to an activating group) is 1. The number of aliphatic carboxylic acids is 2. The molecule has 1 fully saturated rings. The van der Waals surface area contributed by atoms with E-state index in [0.717, 1.165) is 20.3 Å². The molecule has 0 bridgehead atoms. The van der Waals surface area contributed by atoms with E-state index < -0.39 is 55.2 Å². The minimum Gasteiger partial charge on any atom is -0.481 e. The van der Waals surface area contributed by atoms with Crippen molar-refractivity contribution in [3.63, 3.8) is 0 Å². The summed E-state index contributed by atoms with van der Waals surface area (Å²) in [6, 6.07) is 5.10. The van der Waals surface area contributed by atoms with E-state index in [1.807, 2.05) is 0 Å². The molecule has 0 spiro atoms. The summed E-state index contributed by atoms with van der Waals surface area (Å²) < 4.78 is 0. The Balaban J connectivity index is 0.00000578. The quantitative estimate of drug-likeness (QED) is 0.232. The van der Waals surface area contributed by atoms with Gasteiger partial charge >= 0.3 is 11.9 Å². The first kappa shape index (κ1) is 28.2. The molecule has 2 rings (SSSR count). The zero-order valence-electron chi connectivity index (χ0n) is 18.4. The first-order chi connectivity index (χ1) is 15.5. The van der Waals surface area contributed by atoms with Gasteiger partial charge in [0.05, 0.1) is 19.5 Å². The summed E-state index contributed by atoms with van der Waals surface area (Å²) in [5.41, 5.74) is 11.7. The Kier molecular flexibility index (Phi) is 10.3. The number of guanidine groups is 1. The van der Waals surface area contributed by atoms with E-state index in [1.165, 1.54) is 7.05 Å². The van der Waals surface area contributed by atoms with Crippen LogP contribution < -0.4 is 11.5 Å². The van der Waals surface area contributed by atoms with Crippen molar-refractivity contribution < 1.29 is 34.2 Å². The molecule has 0 saturated carbocycles. The van der Waals surface area contributed by atoms with E-state index in [4.69, 9.17) is 21.7 Å². The third-order valence-electron chi connectivity index (χ3n) is 4.96. The molecular formula is C20H27ClN6O7. The fraction of sp³-hybridized carbons (Fsp3) is 0.400.